The Morgan fingerprint density at radius 3 is 1.93 bits per heavy atom. The molecular weight excluding hydrogens is 344 g/mol. The Kier molecular flexibility index (Phi) is 8.34. The number of benzene rings is 1. The summed E-state index contributed by atoms with van der Waals surface area (Å²) in [7, 11) is 0. The van der Waals surface area contributed by atoms with Crippen LogP contribution in [0.1, 0.15) is 47.1 Å². The van der Waals surface area contributed by atoms with Crippen LogP contribution in [0.25, 0.3) is 0 Å². The van der Waals surface area contributed by atoms with Crippen molar-refractivity contribution in [2.24, 2.45) is 0 Å². The highest BCUT2D eigenvalue weighted by Crippen LogP contribution is 2.10. The van der Waals surface area contributed by atoms with Crippen molar-refractivity contribution in [1.29, 1.82) is 0 Å². The average molecular weight is 376 g/mol. The van der Waals surface area contributed by atoms with Gasteiger partial charge in [0.05, 0.1) is 0 Å². The van der Waals surface area contributed by atoms with E-state index in [2.05, 4.69) is 10.6 Å². The maximum absolute atomic E-state index is 11.9. The van der Waals surface area contributed by atoms with Gasteiger partial charge < -0.3 is 20.1 Å². The molecule has 0 saturated heterocycles. The molecule has 0 aliphatic rings. The van der Waals surface area contributed by atoms with Crippen LogP contribution in [0.5, 0.6) is 0 Å². The molecule has 0 bridgehead atoms. The van der Waals surface area contributed by atoms with Crippen LogP contribution in [0.2, 0.25) is 0 Å². The number of rotatable bonds is 6. The molecule has 2 N–H and O–H groups in total. The van der Waals surface area contributed by atoms with Gasteiger partial charge in [0.1, 0.15) is 11.2 Å². The third-order valence-corrected chi connectivity index (χ3v) is 3.17. The SMILES string of the molecule is CC(C)(C)OC(=O)NC/C=C(\CNC(=O)OC(C)(C)C)Cc1ccccc1. The highest BCUT2D eigenvalue weighted by molar-refractivity contribution is 5.68. The van der Waals surface area contributed by atoms with Crippen molar-refractivity contribution in [2.75, 3.05) is 13.1 Å². The van der Waals surface area contributed by atoms with Crippen molar-refractivity contribution >= 4 is 12.2 Å². The third-order valence-electron chi connectivity index (χ3n) is 3.17. The topological polar surface area (TPSA) is 76.7 Å². The Balaban J connectivity index is 2.67. The average Bonchev–Trinajstić information content (AvgIpc) is 2.50. The Morgan fingerprint density at radius 2 is 1.41 bits per heavy atom. The van der Waals surface area contributed by atoms with Crippen LogP contribution >= 0.6 is 0 Å². The number of carbonyl (C=O) groups is 2. The molecule has 0 aliphatic heterocycles. The molecule has 0 heterocycles. The summed E-state index contributed by atoms with van der Waals surface area (Å²) >= 11 is 0. The van der Waals surface area contributed by atoms with Crippen LogP contribution in [0, 0.1) is 0 Å². The first-order valence-corrected chi connectivity index (χ1v) is 9.10. The van der Waals surface area contributed by atoms with Crippen LogP contribution in [0.4, 0.5) is 9.59 Å². The fourth-order valence-corrected chi connectivity index (χ4v) is 2.16. The zero-order valence-corrected chi connectivity index (χ0v) is 17.2. The second kappa shape index (κ2) is 10.00. The Labute approximate surface area is 162 Å². The monoisotopic (exact) mass is 376 g/mol. The number of nitrogens with one attached hydrogen (secondary N) is 2. The van der Waals surface area contributed by atoms with E-state index in [1.54, 1.807) is 0 Å². The number of amides is 2. The van der Waals surface area contributed by atoms with Crippen molar-refractivity contribution in [3.63, 3.8) is 0 Å². The quantitative estimate of drug-likeness (QED) is 0.729. The molecule has 0 atom stereocenters. The fraction of sp³-hybridized carbons (Fsp3) is 0.524. The van der Waals surface area contributed by atoms with Gasteiger partial charge in [-0.1, -0.05) is 36.4 Å². The summed E-state index contributed by atoms with van der Waals surface area (Å²) in [5.74, 6) is 0. The Hall–Kier alpha value is -2.50. The van der Waals surface area contributed by atoms with E-state index in [1.807, 2.05) is 78.0 Å². The van der Waals surface area contributed by atoms with E-state index in [0.29, 0.717) is 19.5 Å². The van der Waals surface area contributed by atoms with Gasteiger partial charge in [-0.2, -0.15) is 0 Å². The van der Waals surface area contributed by atoms with Gasteiger partial charge in [0.15, 0.2) is 0 Å². The molecular formula is C21H32N2O4. The third kappa shape index (κ3) is 11.7. The summed E-state index contributed by atoms with van der Waals surface area (Å²) in [6.07, 6.45) is 1.60. The zero-order chi connectivity index (χ0) is 20.5. The molecule has 0 saturated carbocycles. The number of carbonyl (C=O) groups excluding carboxylic acids is 2. The van der Waals surface area contributed by atoms with E-state index < -0.39 is 23.4 Å². The van der Waals surface area contributed by atoms with Gasteiger partial charge in [-0.05, 0) is 59.1 Å². The van der Waals surface area contributed by atoms with Crippen molar-refractivity contribution in [3.8, 4) is 0 Å². The van der Waals surface area contributed by atoms with Gasteiger partial charge in [0, 0.05) is 13.1 Å². The molecule has 0 aliphatic carbocycles. The van der Waals surface area contributed by atoms with Crippen molar-refractivity contribution in [3.05, 3.63) is 47.5 Å². The highest BCUT2D eigenvalue weighted by Gasteiger charge is 2.17. The fourth-order valence-electron chi connectivity index (χ4n) is 2.16. The molecule has 0 unspecified atom stereocenters. The molecule has 27 heavy (non-hydrogen) atoms. The molecule has 150 valence electrons. The molecule has 6 heteroatoms. The summed E-state index contributed by atoms with van der Waals surface area (Å²) in [5.41, 5.74) is 0.986. The molecule has 1 aromatic rings. The van der Waals surface area contributed by atoms with Crippen LogP contribution < -0.4 is 10.6 Å². The van der Waals surface area contributed by atoms with Crippen molar-refractivity contribution in [1.82, 2.24) is 10.6 Å². The minimum Gasteiger partial charge on any atom is -0.444 e. The van der Waals surface area contributed by atoms with Crippen molar-refractivity contribution < 1.29 is 19.1 Å². The van der Waals surface area contributed by atoms with Crippen molar-refractivity contribution in [2.45, 2.75) is 59.2 Å². The molecule has 0 fully saturated rings. The smallest absolute Gasteiger partial charge is 0.407 e. The lowest BCUT2D eigenvalue weighted by molar-refractivity contribution is 0.0519. The van der Waals surface area contributed by atoms with E-state index in [4.69, 9.17) is 9.47 Å². The van der Waals surface area contributed by atoms with Crippen LogP contribution in [0.3, 0.4) is 0 Å². The Morgan fingerprint density at radius 1 is 0.889 bits per heavy atom. The first kappa shape index (κ1) is 22.5. The lowest BCUT2D eigenvalue weighted by Gasteiger charge is -2.20. The van der Waals surface area contributed by atoms with Gasteiger partial charge in [0.2, 0.25) is 0 Å². The number of hydrogen-bond acceptors (Lipinski definition) is 4. The number of ether oxygens (including phenoxy) is 2. The van der Waals surface area contributed by atoms with E-state index >= 15 is 0 Å². The maximum atomic E-state index is 11.9. The minimum atomic E-state index is -0.550. The number of alkyl carbamates (subject to hydrolysis) is 2. The van der Waals surface area contributed by atoms with E-state index in [-0.39, 0.29) is 0 Å². The largest absolute Gasteiger partial charge is 0.444 e. The molecule has 6 nitrogen and oxygen atoms in total. The first-order chi connectivity index (χ1) is 12.4. The predicted molar refractivity (Wildman–Crippen MR) is 107 cm³/mol. The van der Waals surface area contributed by atoms with E-state index in [1.165, 1.54) is 0 Å². The second-order valence-electron chi connectivity index (χ2n) is 8.26. The summed E-state index contributed by atoms with van der Waals surface area (Å²) in [5, 5.41) is 5.46. The lowest BCUT2D eigenvalue weighted by atomic mass is 10.0. The van der Waals surface area contributed by atoms with Gasteiger partial charge in [-0.3, -0.25) is 0 Å². The van der Waals surface area contributed by atoms with Crippen LogP contribution in [0.15, 0.2) is 42.0 Å². The van der Waals surface area contributed by atoms with E-state index in [9.17, 15) is 9.59 Å². The summed E-state index contributed by atoms with van der Waals surface area (Å²) in [6, 6.07) is 9.92. The van der Waals surface area contributed by atoms with Gasteiger partial charge in [0.25, 0.3) is 0 Å². The number of hydrogen-bond donors (Lipinski definition) is 2. The first-order valence-electron chi connectivity index (χ1n) is 9.10. The van der Waals surface area contributed by atoms with Gasteiger partial charge in [-0.15, -0.1) is 0 Å². The second-order valence-corrected chi connectivity index (χ2v) is 8.26. The molecule has 0 aromatic heterocycles. The minimum absolute atomic E-state index is 0.313. The zero-order valence-electron chi connectivity index (χ0n) is 17.2. The normalized spacial score (nSPS) is 12.3. The summed E-state index contributed by atoms with van der Waals surface area (Å²) in [4.78, 5) is 23.7. The van der Waals surface area contributed by atoms with Crippen LogP contribution in [-0.2, 0) is 15.9 Å². The molecule has 1 rings (SSSR count). The molecule has 0 radical (unpaired) electrons. The molecule has 1 aromatic carbocycles. The predicted octanol–water partition coefficient (Wildman–Crippen LogP) is 4.20. The Bertz CT molecular complexity index is 640. The summed E-state index contributed by atoms with van der Waals surface area (Å²) < 4.78 is 10.5. The highest BCUT2D eigenvalue weighted by atomic mass is 16.6. The lowest BCUT2D eigenvalue weighted by Crippen LogP contribution is -2.34. The maximum Gasteiger partial charge on any atom is 0.407 e. The summed E-state index contributed by atoms with van der Waals surface area (Å²) in [6.45, 7) is 11.5. The van der Waals surface area contributed by atoms with Gasteiger partial charge in [-0.25, -0.2) is 9.59 Å². The van der Waals surface area contributed by atoms with Gasteiger partial charge >= 0.3 is 12.2 Å². The van der Waals surface area contributed by atoms with Crippen LogP contribution in [-0.4, -0.2) is 36.5 Å². The van der Waals surface area contributed by atoms with E-state index in [0.717, 1.165) is 11.1 Å². The molecule has 0 spiro atoms. The molecule has 2 amide bonds. The standard InChI is InChI=1S/C21H32N2O4/c1-20(2,3)26-18(24)22-13-12-17(14-16-10-8-7-9-11-16)15-23-19(25)27-21(4,5)6/h7-12H,13-15H2,1-6H3,(H,22,24)(H,23,25)/b17-12-.